The molecule has 0 atom stereocenters. The zero-order chi connectivity index (χ0) is 28.0. The van der Waals surface area contributed by atoms with Gasteiger partial charge in [-0.25, -0.2) is 4.99 Å². The standard InChI is InChI=1S/C30H21ClF3N3O2/c31-23-11-5-7-13-25(23)36-26(18-27(35)30(32,33)34)19-14-16-21(17-15-19)29(39)37-24-12-6-4-10-22(24)28(38)20-8-2-1-3-9-20/h1-18H,35H2,(H,37,39)/b27-18-,36-26?. The second kappa shape index (κ2) is 11.8. The van der Waals surface area contributed by atoms with Crippen LogP contribution in [0.5, 0.6) is 0 Å². The number of halogens is 4. The van der Waals surface area contributed by atoms with Crippen LogP contribution >= 0.6 is 11.6 Å². The van der Waals surface area contributed by atoms with E-state index < -0.39 is 17.8 Å². The molecule has 9 heteroatoms. The summed E-state index contributed by atoms with van der Waals surface area (Å²) in [6, 6.07) is 27.5. The topological polar surface area (TPSA) is 84.5 Å². The zero-order valence-electron chi connectivity index (χ0n) is 20.2. The molecule has 3 N–H and O–H groups in total. The fraction of sp³-hybridized carbons (Fsp3) is 0.0333. The Labute approximate surface area is 227 Å². The highest BCUT2D eigenvalue weighted by molar-refractivity contribution is 6.33. The Kier molecular flexibility index (Phi) is 8.27. The minimum atomic E-state index is -4.76. The quantitative estimate of drug-likeness (QED) is 0.187. The first-order chi connectivity index (χ1) is 18.6. The molecule has 0 heterocycles. The fourth-order valence-electron chi connectivity index (χ4n) is 3.60. The van der Waals surface area contributed by atoms with Crippen molar-refractivity contribution in [3.63, 3.8) is 0 Å². The maximum atomic E-state index is 13.2. The summed E-state index contributed by atoms with van der Waals surface area (Å²) in [4.78, 5) is 30.2. The van der Waals surface area contributed by atoms with Gasteiger partial charge in [0.05, 0.1) is 22.1 Å². The summed E-state index contributed by atoms with van der Waals surface area (Å²) in [7, 11) is 0. The Bertz CT molecular complexity index is 1560. The van der Waals surface area contributed by atoms with Crippen LogP contribution in [0.1, 0.15) is 31.8 Å². The minimum absolute atomic E-state index is 0.0938. The van der Waals surface area contributed by atoms with Crippen molar-refractivity contribution >= 4 is 40.4 Å². The van der Waals surface area contributed by atoms with E-state index in [1.54, 1.807) is 78.9 Å². The van der Waals surface area contributed by atoms with Gasteiger partial charge in [-0.3, -0.25) is 9.59 Å². The van der Waals surface area contributed by atoms with E-state index >= 15 is 0 Å². The number of rotatable bonds is 7. The molecule has 4 aromatic rings. The molecule has 0 aliphatic carbocycles. The van der Waals surface area contributed by atoms with Crippen LogP contribution < -0.4 is 11.1 Å². The fourth-order valence-corrected chi connectivity index (χ4v) is 3.78. The zero-order valence-corrected chi connectivity index (χ0v) is 21.0. The maximum absolute atomic E-state index is 13.2. The molecule has 0 saturated heterocycles. The monoisotopic (exact) mass is 547 g/mol. The number of carbonyl (C=O) groups excluding carboxylic acids is 2. The third-order valence-electron chi connectivity index (χ3n) is 5.61. The average molecular weight is 548 g/mol. The molecule has 4 aromatic carbocycles. The normalized spacial score (nSPS) is 12.2. The molecule has 4 rings (SSSR count). The van der Waals surface area contributed by atoms with Crippen molar-refractivity contribution in [2.45, 2.75) is 6.18 Å². The minimum Gasteiger partial charge on any atom is -0.395 e. The summed E-state index contributed by atoms with van der Waals surface area (Å²) in [5, 5.41) is 2.98. The largest absolute Gasteiger partial charge is 0.430 e. The lowest BCUT2D eigenvalue weighted by Gasteiger charge is -2.12. The van der Waals surface area contributed by atoms with Gasteiger partial charge in [-0.05, 0) is 42.5 Å². The lowest BCUT2D eigenvalue weighted by molar-refractivity contribution is -0.0925. The lowest BCUT2D eigenvalue weighted by Crippen LogP contribution is -2.21. The molecule has 196 valence electrons. The van der Waals surface area contributed by atoms with E-state index in [-0.39, 0.29) is 33.3 Å². The van der Waals surface area contributed by atoms with E-state index in [0.717, 1.165) is 0 Å². The van der Waals surface area contributed by atoms with Gasteiger partial charge in [0, 0.05) is 22.3 Å². The van der Waals surface area contributed by atoms with Gasteiger partial charge >= 0.3 is 6.18 Å². The third-order valence-corrected chi connectivity index (χ3v) is 5.93. The Hall–Kier alpha value is -4.69. The molecule has 0 aromatic heterocycles. The van der Waals surface area contributed by atoms with Crippen molar-refractivity contribution in [3.8, 4) is 0 Å². The molecular weight excluding hydrogens is 527 g/mol. The van der Waals surface area contributed by atoms with Crippen LogP contribution in [0.25, 0.3) is 0 Å². The SMILES string of the molecule is N/C(=C\C(=Nc1ccccc1Cl)c1ccc(C(=O)Nc2ccccc2C(=O)c2ccccc2)cc1)C(F)(F)F. The van der Waals surface area contributed by atoms with Crippen molar-refractivity contribution < 1.29 is 22.8 Å². The van der Waals surface area contributed by atoms with Crippen molar-refractivity contribution in [2.24, 2.45) is 10.7 Å². The number of alkyl halides is 3. The highest BCUT2D eigenvalue weighted by atomic mass is 35.5. The second-order valence-electron chi connectivity index (χ2n) is 8.32. The maximum Gasteiger partial charge on any atom is 0.430 e. The Morgan fingerprint density at radius 3 is 2.03 bits per heavy atom. The predicted octanol–water partition coefficient (Wildman–Crippen LogP) is 7.35. The molecule has 0 fully saturated rings. The molecule has 5 nitrogen and oxygen atoms in total. The van der Waals surface area contributed by atoms with Gasteiger partial charge in [0.15, 0.2) is 5.78 Å². The number of carbonyl (C=O) groups is 2. The number of para-hydroxylation sites is 2. The number of nitrogens with two attached hydrogens (primary N) is 1. The van der Waals surface area contributed by atoms with Gasteiger partial charge in [-0.2, -0.15) is 13.2 Å². The van der Waals surface area contributed by atoms with Crippen LogP contribution in [0.15, 0.2) is 120 Å². The van der Waals surface area contributed by atoms with E-state index in [0.29, 0.717) is 22.9 Å². The van der Waals surface area contributed by atoms with E-state index in [2.05, 4.69) is 10.3 Å². The molecule has 0 radical (unpaired) electrons. The molecule has 0 saturated carbocycles. The number of hydrogen-bond donors (Lipinski definition) is 2. The van der Waals surface area contributed by atoms with E-state index in [1.807, 2.05) is 0 Å². The highest BCUT2D eigenvalue weighted by Crippen LogP contribution is 2.27. The molecule has 0 bridgehead atoms. The Balaban J connectivity index is 1.62. The Morgan fingerprint density at radius 1 is 0.769 bits per heavy atom. The third kappa shape index (κ3) is 6.80. The summed E-state index contributed by atoms with van der Waals surface area (Å²) < 4.78 is 39.5. The van der Waals surface area contributed by atoms with Gasteiger partial charge in [-0.1, -0.05) is 78.3 Å². The predicted molar refractivity (Wildman–Crippen MR) is 147 cm³/mol. The van der Waals surface area contributed by atoms with E-state index in [1.165, 1.54) is 24.3 Å². The molecule has 0 spiro atoms. The van der Waals surface area contributed by atoms with Crippen LogP contribution in [0.2, 0.25) is 5.02 Å². The summed E-state index contributed by atoms with van der Waals surface area (Å²) >= 11 is 6.14. The van der Waals surface area contributed by atoms with Crippen molar-refractivity contribution in [3.05, 3.63) is 142 Å². The van der Waals surface area contributed by atoms with Crippen molar-refractivity contribution in [1.82, 2.24) is 0 Å². The lowest BCUT2D eigenvalue weighted by atomic mass is 10.0. The van der Waals surface area contributed by atoms with E-state index in [4.69, 9.17) is 17.3 Å². The summed E-state index contributed by atoms with van der Waals surface area (Å²) in [5.41, 5.74) is 5.67. The number of allylic oxidation sites excluding steroid dienone is 2. The molecule has 0 aliphatic heterocycles. The molecule has 1 amide bonds. The van der Waals surface area contributed by atoms with Crippen molar-refractivity contribution in [2.75, 3.05) is 5.32 Å². The van der Waals surface area contributed by atoms with Gasteiger partial charge in [-0.15, -0.1) is 0 Å². The number of hydrogen-bond acceptors (Lipinski definition) is 4. The first kappa shape index (κ1) is 27.3. The number of anilines is 1. The van der Waals surface area contributed by atoms with Gasteiger partial charge in [0.25, 0.3) is 5.91 Å². The number of amides is 1. The first-order valence-electron chi connectivity index (χ1n) is 11.6. The number of nitrogens with one attached hydrogen (secondary N) is 1. The number of aliphatic imine (C=N–C) groups is 1. The highest BCUT2D eigenvalue weighted by Gasteiger charge is 2.31. The molecular formula is C30H21ClF3N3O2. The van der Waals surface area contributed by atoms with Gasteiger partial charge in [0.1, 0.15) is 5.70 Å². The van der Waals surface area contributed by atoms with Crippen LogP contribution in [-0.4, -0.2) is 23.6 Å². The summed E-state index contributed by atoms with van der Waals surface area (Å²) in [6.45, 7) is 0. The van der Waals surface area contributed by atoms with Crippen LogP contribution in [-0.2, 0) is 0 Å². The van der Waals surface area contributed by atoms with Crippen LogP contribution in [0.3, 0.4) is 0 Å². The van der Waals surface area contributed by atoms with Crippen LogP contribution in [0.4, 0.5) is 24.5 Å². The van der Waals surface area contributed by atoms with E-state index in [9.17, 15) is 22.8 Å². The second-order valence-corrected chi connectivity index (χ2v) is 8.73. The van der Waals surface area contributed by atoms with Crippen molar-refractivity contribution in [1.29, 1.82) is 0 Å². The molecule has 39 heavy (non-hydrogen) atoms. The molecule has 0 aliphatic rings. The molecule has 0 unspecified atom stereocenters. The van der Waals surface area contributed by atoms with Crippen LogP contribution in [0, 0.1) is 0 Å². The summed E-state index contributed by atoms with van der Waals surface area (Å²) in [5.74, 6) is -0.763. The summed E-state index contributed by atoms with van der Waals surface area (Å²) in [6.07, 6.45) is -4.05. The van der Waals surface area contributed by atoms with Gasteiger partial charge < -0.3 is 11.1 Å². The smallest absolute Gasteiger partial charge is 0.395 e. The Morgan fingerprint density at radius 2 is 1.36 bits per heavy atom. The number of nitrogens with zero attached hydrogens (tertiary/aromatic N) is 1. The number of ketones is 1. The van der Waals surface area contributed by atoms with Gasteiger partial charge in [0.2, 0.25) is 0 Å². The first-order valence-corrected chi connectivity index (χ1v) is 12.0. The number of benzene rings is 4. The average Bonchev–Trinajstić information content (AvgIpc) is 2.93.